The molecule has 7 heteroatoms. The first-order valence-corrected chi connectivity index (χ1v) is 8.55. The van der Waals surface area contributed by atoms with E-state index in [2.05, 4.69) is 26.7 Å². The maximum Gasteiger partial charge on any atom is 0.169 e. The SMILES string of the molecule is C=Cc1cc(OC2CN(c3cc(-c4ccccc4O)nnc3N)C2)ccn1. The van der Waals surface area contributed by atoms with Crippen LogP contribution in [0.3, 0.4) is 0 Å². The highest BCUT2D eigenvalue weighted by Crippen LogP contribution is 2.33. The summed E-state index contributed by atoms with van der Waals surface area (Å²) in [6, 6.07) is 12.5. The van der Waals surface area contributed by atoms with Gasteiger partial charge in [0.15, 0.2) is 5.82 Å². The number of anilines is 2. The highest BCUT2D eigenvalue weighted by atomic mass is 16.5. The van der Waals surface area contributed by atoms with Crippen LogP contribution in [0.1, 0.15) is 5.69 Å². The Morgan fingerprint density at radius 1 is 1.19 bits per heavy atom. The second kappa shape index (κ2) is 6.95. The number of hydrogen-bond donors (Lipinski definition) is 2. The van der Waals surface area contributed by atoms with E-state index in [-0.39, 0.29) is 11.9 Å². The first-order valence-electron chi connectivity index (χ1n) is 8.55. The van der Waals surface area contributed by atoms with Gasteiger partial charge in [0.25, 0.3) is 0 Å². The number of benzene rings is 1. The molecule has 1 aliphatic rings. The average molecular weight is 361 g/mol. The third kappa shape index (κ3) is 3.39. The van der Waals surface area contributed by atoms with Gasteiger partial charge in [0.2, 0.25) is 0 Å². The Balaban J connectivity index is 1.48. The molecule has 3 aromatic rings. The number of para-hydroxylation sites is 1. The first-order chi connectivity index (χ1) is 13.1. The van der Waals surface area contributed by atoms with Crippen molar-refractivity contribution in [2.75, 3.05) is 23.7 Å². The number of nitrogen functional groups attached to an aromatic ring is 1. The van der Waals surface area contributed by atoms with Crippen LogP contribution in [0.5, 0.6) is 11.5 Å². The van der Waals surface area contributed by atoms with E-state index < -0.39 is 0 Å². The molecule has 1 saturated heterocycles. The van der Waals surface area contributed by atoms with Crippen LogP contribution in [0, 0.1) is 0 Å². The number of nitrogens with zero attached hydrogens (tertiary/aromatic N) is 4. The van der Waals surface area contributed by atoms with Crippen LogP contribution in [0.15, 0.2) is 55.2 Å². The number of hydrogen-bond acceptors (Lipinski definition) is 7. The van der Waals surface area contributed by atoms with Gasteiger partial charge in [-0.25, -0.2) is 0 Å². The number of rotatable bonds is 5. The fourth-order valence-corrected chi connectivity index (χ4v) is 2.98. The van der Waals surface area contributed by atoms with Crippen molar-refractivity contribution in [3.63, 3.8) is 0 Å². The maximum atomic E-state index is 10.0. The molecule has 0 radical (unpaired) electrons. The van der Waals surface area contributed by atoms with Crippen LogP contribution in [0.2, 0.25) is 0 Å². The minimum absolute atomic E-state index is 0.0474. The summed E-state index contributed by atoms with van der Waals surface area (Å²) in [7, 11) is 0. The molecular weight excluding hydrogens is 342 g/mol. The zero-order chi connectivity index (χ0) is 18.8. The van der Waals surface area contributed by atoms with E-state index in [4.69, 9.17) is 10.5 Å². The van der Waals surface area contributed by atoms with E-state index in [9.17, 15) is 5.11 Å². The molecule has 3 heterocycles. The second-order valence-electron chi connectivity index (χ2n) is 6.28. The van der Waals surface area contributed by atoms with Crippen LogP contribution in [0.4, 0.5) is 11.5 Å². The summed E-state index contributed by atoms with van der Waals surface area (Å²) in [4.78, 5) is 6.25. The standard InChI is InChI=1S/C20H19N5O2/c1-2-13-9-14(7-8-22-13)27-15-11-25(12-15)18-10-17(23-24-20(18)21)16-5-3-4-6-19(16)26/h2-10,15,26H,1,11-12H2,(H2,21,24). The quantitative estimate of drug-likeness (QED) is 0.721. The maximum absolute atomic E-state index is 10.0. The van der Waals surface area contributed by atoms with Crippen LogP contribution >= 0.6 is 0 Å². The molecule has 1 aromatic carbocycles. The van der Waals surface area contributed by atoms with E-state index in [1.54, 1.807) is 30.5 Å². The lowest BCUT2D eigenvalue weighted by molar-refractivity contribution is 0.167. The third-order valence-electron chi connectivity index (χ3n) is 4.43. The summed E-state index contributed by atoms with van der Waals surface area (Å²) in [6.07, 6.45) is 3.43. The number of aromatic hydroxyl groups is 1. The van der Waals surface area contributed by atoms with E-state index in [0.29, 0.717) is 30.2 Å². The minimum Gasteiger partial charge on any atom is -0.507 e. The van der Waals surface area contributed by atoms with Crippen molar-refractivity contribution in [2.24, 2.45) is 0 Å². The van der Waals surface area contributed by atoms with Gasteiger partial charge in [-0.15, -0.1) is 10.2 Å². The van der Waals surface area contributed by atoms with Gasteiger partial charge < -0.3 is 20.5 Å². The van der Waals surface area contributed by atoms with Crippen LogP contribution in [-0.4, -0.2) is 39.5 Å². The largest absolute Gasteiger partial charge is 0.507 e. The molecule has 27 heavy (non-hydrogen) atoms. The summed E-state index contributed by atoms with van der Waals surface area (Å²) in [6.45, 7) is 5.08. The smallest absolute Gasteiger partial charge is 0.169 e. The lowest BCUT2D eigenvalue weighted by atomic mass is 10.1. The highest BCUT2D eigenvalue weighted by molar-refractivity contribution is 5.74. The summed E-state index contributed by atoms with van der Waals surface area (Å²) < 4.78 is 5.97. The molecule has 0 saturated carbocycles. The van der Waals surface area contributed by atoms with Crippen molar-refractivity contribution in [1.29, 1.82) is 0 Å². The number of aromatic nitrogens is 3. The summed E-state index contributed by atoms with van der Waals surface area (Å²) >= 11 is 0. The predicted molar refractivity (Wildman–Crippen MR) is 105 cm³/mol. The van der Waals surface area contributed by atoms with Gasteiger partial charge in [-0.3, -0.25) is 4.98 Å². The van der Waals surface area contributed by atoms with Gasteiger partial charge in [0.05, 0.1) is 30.2 Å². The number of pyridine rings is 1. The van der Waals surface area contributed by atoms with Gasteiger partial charge >= 0.3 is 0 Å². The Bertz CT molecular complexity index is 986. The first kappa shape index (κ1) is 16.8. The molecule has 2 aromatic heterocycles. The number of nitrogens with two attached hydrogens (primary N) is 1. The highest BCUT2D eigenvalue weighted by Gasteiger charge is 2.31. The molecule has 136 valence electrons. The van der Waals surface area contributed by atoms with Gasteiger partial charge in [0, 0.05) is 17.8 Å². The van der Waals surface area contributed by atoms with E-state index in [1.165, 1.54) is 0 Å². The van der Waals surface area contributed by atoms with Crippen molar-refractivity contribution >= 4 is 17.6 Å². The lowest BCUT2D eigenvalue weighted by Crippen LogP contribution is -2.54. The summed E-state index contributed by atoms with van der Waals surface area (Å²) in [5.41, 5.74) is 8.77. The van der Waals surface area contributed by atoms with Gasteiger partial charge in [-0.05, 0) is 30.3 Å². The van der Waals surface area contributed by atoms with Crippen molar-refractivity contribution in [3.05, 3.63) is 60.9 Å². The lowest BCUT2D eigenvalue weighted by Gasteiger charge is -2.40. The topological polar surface area (TPSA) is 97.4 Å². The molecule has 7 nitrogen and oxygen atoms in total. The van der Waals surface area contributed by atoms with Gasteiger partial charge in [0.1, 0.15) is 17.6 Å². The van der Waals surface area contributed by atoms with Crippen LogP contribution in [0.25, 0.3) is 17.3 Å². The van der Waals surface area contributed by atoms with E-state index in [1.807, 2.05) is 24.3 Å². The van der Waals surface area contributed by atoms with Crippen molar-refractivity contribution in [2.45, 2.75) is 6.10 Å². The molecule has 0 amide bonds. The van der Waals surface area contributed by atoms with Gasteiger partial charge in [-0.2, -0.15) is 0 Å². The predicted octanol–water partition coefficient (Wildman–Crippen LogP) is 2.74. The number of phenolic OH excluding ortho intramolecular Hbond substituents is 1. The average Bonchev–Trinajstić information content (AvgIpc) is 2.66. The fraction of sp³-hybridized carbons (Fsp3) is 0.150. The Morgan fingerprint density at radius 3 is 2.78 bits per heavy atom. The molecule has 1 aliphatic heterocycles. The summed E-state index contributed by atoms with van der Waals surface area (Å²) in [5.74, 6) is 1.27. The molecule has 0 spiro atoms. The molecule has 0 unspecified atom stereocenters. The Morgan fingerprint density at radius 2 is 2.00 bits per heavy atom. The normalized spacial score (nSPS) is 13.9. The number of phenols is 1. The second-order valence-corrected chi connectivity index (χ2v) is 6.28. The van der Waals surface area contributed by atoms with Crippen molar-refractivity contribution < 1.29 is 9.84 Å². The minimum atomic E-state index is 0.0474. The molecule has 0 aliphatic carbocycles. The zero-order valence-corrected chi connectivity index (χ0v) is 14.6. The van der Waals surface area contributed by atoms with E-state index >= 15 is 0 Å². The Labute approximate surface area is 156 Å². The molecule has 3 N–H and O–H groups in total. The molecule has 0 atom stereocenters. The van der Waals surface area contributed by atoms with Crippen molar-refractivity contribution in [1.82, 2.24) is 15.2 Å². The van der Waals surface area contributed by atoms with Crippen molar-refractivity contribution in [3.8, 4) is 22.8 Å². The molecule has 0 bridgehead atoms. The van der Waals surface area contributed by atoms with Crippen LogP contribution in [-0.2, 0) is 0 Å². The third-order valence-corrected chi connectivity index (χ3v) is 4.43. The van der Waals surface area contributed by atoms with E-state index in [0.717, 1.165) is 17.1 Å². The molecule has 1 fully saturated rings. The molecular formula is C20H19N5O2. The Kier molecular flexibility index (Phi) is 4.33. The Hall–Kier alpha value is -3.61. The van der Waals surface area contributed by atoms with Crippen LogP contribution < -0.4 is 15.4 Å². The number of ether oxygens (including phenoxy) is 1. The van der Waals surface area contributed by atoms with Gasteiger partial charge in [-0.1, -0.05) is 18.7 Å². The monoisotopic (exact) mass is 361 g/mol. The summed E-state index contributed by atoms with van der Waals surface area (Å²) in [5, 5.41) is 18.2. The fourth-order valence-electron chi connectivity index (χ4n) is 2.98. The molecule has 4 rings (SSSR count). The zero-order valence-electron chi connectivity index (χ0n) is 14.6.